The number of amides is 2. The lowest BCUT2D eigenvalue weighted by molar-refractivity contribution is -0.113. The van der Waals surface area contributed by atoms with E-state index >= 15 is 0 Å². The first-order valence-corrected chi connectivity index (χ1v) is 13.3. The second-order valence-electron chi connectivity index (χ2n) is 9.07. The summed E-state index contributed by atoms with van der Waals surface area (Å²) >= 11 is 1.17. The Morgan fingerprint density at radius 1 is 0.974 bits per heavy atom. The van der Waals surface area contributed by atoms with Gasteiger partial charge in [0.05, 0.1) is 37.4 Å². The Labute approximate surface area is 230 Å². The topological polar surface area (TPSA) is 112 Å². The summed E-state index contributed by atoms with van der Waals surface area (Å²) in [6.07, 6.45) is 0. The number of benzene rings is 3. The van der Waals surface area contributed by atoms with Gasteiger partial charge in [-0.3, -0.25) is 19.0 Å². The van der Waals surface area contributed by atoms with Gasteiger partial charge in [0.15, 0.2) is 5.16 Å². The van der Waals surface area contributed by atoms with Crippen LogP contribution in [0, 0.1) is 0 Å². The van der Waals surface area contributed by atoms with Gasteiger partial charge < -0.3 is 20.1 Å². The first-order valence-electron chi connectivity index (χ1n) is 12.3. The van der Waals surface area contributed by atoms with Crippen LogP contribution in [-0.2, 0) is 11.3 Å². The average molecular weight is 547 g/mol. The number of ether oxygens (including phenoxy) is 2. The highest BCUT2D eigenvalue weighted by atomic mass is 32.2. The fourth-order valence-corrected chi connectivity index (χ4v) is 4.69. The Morgan fingerprint density at radius 3 is 2.28 bits per heavy atom. The van der Waals surface area contributed by atoms with Crippen molar-refractivity contribution in [1.29, 1.82) is 0 Å². The molecule has 0 aliphatic rings. The van der Waals surface area contributed by atoms with Crippen molar-refractivity contribution in [2.24, 2.45) is 0 Å². The van der Waals surface area contributed by atoms with Crippen LogP contribution in [0.3, 0.4) is 0 Å². The number of nitrogens with one attached hydrogen (secondary N) is 2. The zero-order chi connectivity index (χ0) is 27.9. The number of para-hydroxylation sites is 1. The Bertz CT molecular complexity index is 1530. The van der Waals surface area contributed by atoms with E-state index in [1.165, 1.54) is 26.0 Å². The van der Waals surface area contributed by atoms with Crippen molar-refractivity contribution >= 4 is 40.2 Å². The number of carbonyl (C=O) groups excluding carboxylic acids is 2. The maximum absolute atomic E-state index is 13.4. The van der Waals surface area contributed by atoms with Crippen LogP contribution in [-0.4, -0.2) is 47.4 Å². The van der Waals surface area contributed by atoms with Gasteiger partial charge in [0, 0.05) is 35.5 Å². The van der Waals surface area contributed by atoms with E-state index in [4.69, 9.17) is 9.47 Å². The maximum atomic E-state index is 13.4. The third-order valence-corrected chi connectivity index (χ3v) is 6.75. The van der Waals surface area contributed by atoms with E-state index in [0.29, 0.717) is 38.8 Å². The summed E-state index contributed by atoms with van der Waals surface area (Å²) in [5.41, 5.74) is 2.24. The normalized spacial score (nSPS) is 10.9. The number of rotatable bonds is 10. The van der Waals surface area contributed by atoms with Gasteiger partial charge in [0.25, 0.3) is 11.5 Å². The first-order chi connectivity index (χ1) is 18.8. The Balaban J connectivity index is 1.56. The number of anilines is 1. The molecule has 0 radical (unpaired) electrons. The van der Waals surface area contributed by atoms with Crippen LogP contribution in [0.4, 0.5) is 5.69 Å². The smallest absolute Gasteiger partial charge is 0.262 e. The number of hydrogen-bond donors (Lipinski definition) is 2. The third kappa shape index (κ3) is 6.97. The number of thioether (sulfide) groups is 1. The molecule has 3 aromatic carbocycles. The molecule has 2 N–H and O–H groups in total. The van der Waals surface area contributed by atoms with Gasteiger partial charge in [-0.25, -0.2) is 4.98 Å². The fourth-order valence-electron chi connectivity index (χ4n) is 3.89. The zero-order valence-corrected chi connectivity index (χ0v) is 23.0. The van der Waals surface area contributed by atoms with Crippen LogP contribution < -0.4 is 25.7 Å². The molecule has 1 heterocycles. The minimum atomic E-state index is -0.273. The first kappa shape index (κ1) is 27.7. The van der Waals surface area contributed by atoms with E-state index in [1.54, 1.807) is 53.1 Å². The van der Waals surface area contributed by atoms with E-state index < -0.39 is 0 Å². The van der Waals surface area contributed by atoms with Crippen molar-refractivity contribution in [2.75, 3.05) is 25.3 Å². The molecule has 0 saturated heterocycles. The minimum absolute atomic E-state index is 0.0264. The molecule has 2 amide bonds. The summed E-state index contributed by atoms with van der Waals surface area (Å²) in [5, 5.41) is 6.61. The number of nitrogens with zero attached hydrogens (tertiary/aromatic N) is 2. The molecule has 0 spiro atoms. The molecule has 0 bridgehead atoms. The van der Waals surface area contributed by atoms with E-state index in [9.17, 15) is 14.4 Å². The molecule has 0 aliphatic heterocycles. The van der Waals surface area contributed by atoms with Crippen LogP contribution in [0.25, 0.3) is 10.9 Å². The summed E-state index contributed by atoms with van der Waals surface area (Å²) in [7, 11) is 3.07. The molecule has 0 atom stereocenters. The van der Waals surface area contributed by atoms with Gasteiger partial charge in [-0.15, -0.1) is 0 Å². The van der Waals surface area contributed by atoms with Gasteiger partial charge in [0.1, 0.15) is 11.5 Å². The number of fused-ring (bicyclic) bond motifs is 1. The Morgan fingerprint density at radius 2 is 1.64 bits per heavy atom. The second kappa shape index (κ2) is 12.5. The largest absolute Gasteiger partial charge is 0.497 e. The Hall–Kier alpha value is -4.31. The lowest BCUT2D eigenvalue weighted by Crippen LogP contribution is -2.30. The minimum Gasteiger partial charge on any atom is -0.497 e. The molecule has 10 heteroatoms. The fraction of sp³-hybridized carbons (Fsp3) is 0.241. The van der Waals surface area contributed by atoms with E-state index in [0.717, 1.165) is 5.56 Å². The SMILES string of the molecule is COc1cc(NC(=O)CSc2nc3ccccc3c(=O)n2Cc2ccc(C(=O)NC(C)C)cc2)cc(OC)c1. The van der Waals surface area contributed by atoms with Crippen LogP contribution in [0.1, 0.15) is 29.8 Å². The average Bonchev–Trinajstić information content (AvgIpc) is 2.93. The van der Waals surface area contributed by atoms with Gasteiger partial charge in [0.2, 0.25) is 5.91 Å². The summed E-state index contributed by atoms with van der Waals surface area (Å²) in [4.78, 5) is 43.2. The van der Waals surface area contributed by atoms with Crippen molar-refractivity contribution in [3.05, 3.63) is 88.2 Å². The van der Waals surface area contributed by atoms with Gasteiger partial charge in [-0.2, -0.15) is 0 Å². The molecular weight excluding hydrogens is 516 g/mol. The van der Waals surface area contributed by atoms with Crippen molar-refractivity contribution < 1.29 is 19.1 Å². The quantitative estimate of drug-likeness (QED) is 0.225. The molecule has 4 aromatic rings. The molecule has 0 fully saturated rings. The van der Waals surface area contributed by atoms with E-state index in [-0.39, 0.29) is 35.7 Å². The standard InChI is InChI=1S/C29H30N4O5S/c1-18(2)30-27(35)20-11-9-19(10-12-20)16-33-28(36)24-7-5-6-8-25(24)32-29(33)39-17-26(34)31-21-13-22(37-3)15-23(14-21)38-4/h5-15,18H,16-17H2,1-4H3,(H,30,35)(H,31,34). The molecule has 0 aliphatic carbocycles. The molecule has 1 aromatic heterocycles. The molecule has 9 nitrogen and oxygen atoms in total. The number of carbonyl (C=O) groups is 2. The molecule has 0 unspecified atom stereocenters. The van der Waals surface area contributed by atoms with Crippen LogP contribution in [0.15, 0.2) is 76.7 Å². The van der Waals surface area contributed by atoms with Crippen LogP contribution >= 0.6 is 11.8 Å². The maximum Gasteiger partial charge on any atom is 0.262 e. The summed E-state index contributed by atoms with van der Waals surface area (Å²) in [5.74, 6) is 0.699. The lowest BCUT2D eigenvalue weighted by atomic mass is 10.1. The predicted octanol–water partition coefficient (Wildman–Crippen LogP) is 4.33. The predicted molar refractivity (Wildman–Crippen MR) is 153 cm³/mol. The number of methoxy groups -OCH3 is 2. The molecule has 0 saturated carbocycles. The highest BCUT2D eigenvalue weighted by Crippen LogP contribution is 2.26. The van der Waals surface area contributed by atoms with Gasteiger partial charge in [-0.05, 0) is 43.7 Å². The Kier molecular flexibility index (Phi) is 8.88. The third-order valence-electron chi connectivity index (χ3n) is 5.77. The highest BCUT2D eigenvalue weighted by molar-refractivity contribution is 7.99. The molecule has 202 valence electrons. The molecule has 39 heavy (non-hydrogen) atoms. The van der Waals surface area contributed by atoms with Gasteiger partial charge in [-0.1, -0.05) is 36.0 Å². The van der Waals surface area contributed by atoms with Crippen molar-refractivity contribution in [2.45, 2.75) is 31.6 Å². The van der Waals surface area contributed by atoms with Crippen molar-refractivity contribution in [3.8, 4) is 11.5 Å². The number of aromatic nitrogens is 2. The second-order valence-corrected chi connectivity index (χ2v) is 10.0. The van der Waals surface area contributed by atoms with E-state index in [1.807, 2.05) is 32.0 Å². The van der Waals surface area contributed by atoms with Crippen molar-refractivity contribution in [3.63, 3.8) is 0 Å². The van der Waals surface area contributed by atoms with Crippen LogP contribution in [0.2, 0.25) is 0 Å². The van der Waals surface area contributed by atoms with Gasteiger partial charge >= 0.3 is 0 Å². The monoisotopic (exact) mass is 546 g/mol. The highest BCUT2D eigenvalue weighted by Gasteiger charge is 2.15. The molecular formula is C29H30N4O5S. The molecule has 4 rings (SSSR count). The van der Waals surface area contributed by atoms with Crippen molar-refractivity contribution in [1.82, 2.24) is 14.9 Å². The summed E-state index contributed by atoms with van der Waals surface area (Å²) < 4.78 is 12.1. The summed E-state index contributed by atoms with van der Waals surface area (Å²) in [6, 6.07) is 19.3. The lowest BCUT2D eigenvalue weighted by Gasteiger charge is -2.14. The van der Waals surface area contributed by atoms with Crippen LogP contribution in [0.5, 0.6) is 11.5 Å². The zero-order valence-electron chi connectivity index (χ0n) is 22.2. The van der Waals surface area contributed by atoms with E-state index in [2.05, 4.69) is 15.6 Å². The summed E-state index contributed by atoms with van der Waals surface area (Å²) in [6.45, 7) is 4.04. The number of hydrogen-bond acceptors (Lipinski definition) is 7.